The molecule has 0 aromatic carbocycles. The van der Waals surface area contributed by atoms with Crippen LogP contribution in [0.1, 0.15) is 32.1 Å². The molecule has 0 radical (unpaired) electrons. The first kappa shape index (κ1) is 17.9. The van der Waals surface area contributed by atoms with Gasteiger partial charge in [-0.3, -0.25) is 0 Å². The van der Waals surface area contributed by atoms with Crippen LogP contribution in [0.25, 0.3) is 0 Å². The van der Waals surface area contributed by atoms with E-state index in [0.717, 1.165) is 39.1 Å². The Labute approximate surface area is 123 Å². The molecule has 20 heavy (non-hydrogen) atoms. The molecule has 1 fully saturated rings. The van der Waals surface area contributed by atoms with Crippen molar-refractivity contribution in [2.24, 2.45) is 0 Å². The first-order valence-electron chi connectivity index (χ1n) is 7.90. The summed E-state index contributed by atoms with van der Waals surface area (Å²) in [6.07, 6.45) is 6.16. The summed E-state index contributed by atoms with van der Waals surface area (Å²) in [4.78, 5) is 2.21. The van der Waals surface area contributed by atoms with Crippen LogP contribution in [0.15, 0.2) is 0 Å². The molecule has 2 N–H and O–H groups in total. The maximum absolute atomic E-state index is 9.87. The Morgan fingerprint density at radius 2 is 2.00 bits per heavy atom. The van der Waals surface area contributed by atoms with Gasteiger partial charge in [-0.25, -0.2) is 0 Å². The highest BCUT2D eigenvalue weighted by Crippen LogP contribution is 2.20. The second-order valence-electron chi connectivity index (χ2n) is 5.75. The van der Waals surface area contributed by atoms with Gasteiger partial charge in [0.25, 0.3) is 0 Å². The first-order chi connectivity index (χ1) is 9.72. The fourth-order valence-electron chi connectivity index (χ4n) is 2.44. The molecule has 0 aromatic heterocycles. The van der Waals surface area contributed by atoms with E-state index in [1.807, 2.05) is 0 Å². The molecule has 1 saturated carbocycles. The van der Waals surface area contributed by atoms with Crippen LogP contribution in [0.3, 0.4) is 0 Å². The fourth-order valence-corrected chi connectivity index (χ4v) is 2.44. The molecular weight excluding hydrogens is 256 g/mol. The van der Waals surface area contributed by atoms with Gasteiger partial charge in [0.2, 0.25) is 0 Å². The lowest BCUT2D eigenvalue weighted by atomic mass is 9.98. The average Bonchev–Trinajstić information content (AvgIpc) is 2.48. The Hall–Kier alpha value is -0.200. The summed E-state index contributed by atoms with van der Waals surface area (Å²) in [6.45, 7) is 4.59. The standard InChI is InChI=1S/C15H32N2O3/c1-17(10-11-19-2)9-8-16-12-14(18)13-20-15-6-4-3-5-7-15/h14-16,18H,3-13H2,1-2H3. The summed E-state index contributed by atoms with van der Waals surface area (Å²) in [6, 6.07) is 0. The number of ether oxygens (including phenoxy) is 2. The monoisotopic (exact) mass is 288 g/mol. The topological polar surface area (TPSA) is 54.0 Å². The number of methoxy groups -OCH3 is 1. The Morgan fingerprint density at radius 1 is 1.25 bits per heavy atom. The van der Waals surface area contributed by atoms with Crippen LogP contribution in [0.2, 0.25) is 0 Å². The number of hydrogen-bond donors (Lipinski definition) is 2. The van der Waals surface area contributed by atoms with Crippen molar-refractivity contribution in [3.63, 3.8) is 0 Å². The molecule has 0 heterocycles. The highest BCUT2D eigenvalue weighted by atomic mass is 16.5. The third-order valence-electron chi connectivity index (χ3n) is 3.80. The molecule has 0 spiro atoms. The Balaban J connectivity index is 1.92. The summed E-state index contributed by atoms with van der Waals surface area (Å²) in [5.74, 6) is 0. The lowest BCUT2D eigenvalue weighted by molar-refractivity contribution is -0.0229. The molecule has 1 aliphatic rings. The molecule has 1 atom stereocenters. The average molecular weight is 288 g/mol. The van der Waals surface area contributed by atoms with Crippen LogP contribution in [-0.2, 0) is 9.47 Å². The second-order valence-corrected chi connectivity index (χ2v) is 5.75. The molecule has 0 aliphatic heterocycles. The van der Waals surface area contributed by atoms with Crippen molar-refractivity contribution in [3.8, 4) is 0 Å². The molecule has 0 amide bonds. The van der Waals surface area contributed by atoms with E-state index in [0.29, 0.717) is 19.3 Å². The van der Waals surface area contributed by atoms with E-state index < -0.39 is 6.10 Å². The van der Waals surface area contributed by atoms with E-state index in [1.165, 1.54) is 19.3 Å². The van der Waals surface area contributed by atoms with Crippen molar-refractivity contribution in [2.75, 3.05) is 53.6 Å². The highest BCUT2D eigenvalue weighted by molar-refractivity contribution is 4.67. The number of hydrogen-bond acceptors (Lipinski definition) is 5. The number of aliphatic hydroxyl groups excluding tert-OH is 1. The van der Waals surface area contributed by atoms with Crippen LogP contribution in [0.5, 0.6) is 0 Å². The smallest absolute Gasteiger partial charge is 0.0897 e. The minimum atomic E-state index is -0.402. The largest absolute Gasteiger partial charge is 0.389 e. The molecule has 5 heteroatoms. The van der Waals surface area contributed by atoms with Crippen molar-refractivity contribution in [3.05, 3.63) is 0 Å². The fraction of sp³-hybridized carbons (Fsp3) is 1.00. The minimum absolute atomic E-state index is 0.374. The molecule has 1 rings (SSSR count). The van der Waals surface area contributed by atoms with Crippen molar-refractivity contribution in [1.29, 1.82) is 0 Å². The van der Waals surface area contributed by atoms with Gasteiger partial charge in [-0.2, -0.15) is 0 Å². The zero-order chi connectivity index (χ0) is 14.6. The number of likely N-dealkylation sites (N-methyl/N-ethyl adjacent to an activating group) is 1. The van der Waals surface area contributed by atoms with Crippen molar-refractivity contribution < 1.29 is 14.6 Å². The first-order valence-corrected chi connectivity index (χ1v) is 7.90. The van der Waals surface area contributed by atoms with E-state index in [1.54, 1.807) is 7.11 Å². The third kappa shape index (κ3) is 8.87. The number of rotatable bonds is 11. The van der Waals surface area contributed by atoms with Gasteiger partial charge >= 0.3 is 0 Å². The van der Waals surface area contributed by atoms with E-state index >= 15 is 0 Å². The summed E-state index contributed by atoms with van der Waals surface area (Å²) in [7, 11) is 3.79. The number of nitrogens with zero attached hydrogens (tertiary/aromatic N) is 1. The van der Waals surface area contributed by atoms with Gasteiger partial charge < -0.3 is 24.8 Å². The van der Waals surface area contributed by atoms with Crippen LogP contribution in [0.4, 0.5) is 0 Å². The minimum Gasteiger partial charge on any atom is -0.389 e. The van der Waals surface area contributed by atoms with Gasteiger partial charge in [0.05, 0.1) is 25.4 Å². The molecule has 0 bridgehead atoms. The molecule has 1 aliphatic carbocycles. The van der Waals surface area contributed by atoms with Crippen LogP contribution < -0.4 is 5.32 Å². The van der Waals surface area contributed by atoms with Gasteiger partial charge in [-0.05, 0) is 19.9 Å². The summed E-state index contributed by atoms with van der Waals surface area (Å²) in [5, 5.41) is 13.1. The third-order valence-corrected chi connectivity index (χ3v) is 3.80. The van der Waals surface area contributed by atoms with Gasteiger partial charge in [0, 0.05) is 33.3 Å². The van der Waals surface area contributed by atoms with Crippen molar-refractivity contribution in [1.82, 2.24) is 10.2 Å². The summed E-state index contributed by atoms with van der Waals surface area (Å²) in [5.41, 5.74) is 0. The maximum atomic E-state index is 9.87. The maximum Gasteiger partial charge on any atom is 0.0897 e. The van der Waals surface area contributed by atoms with Crippen LogP contribution >= 0.6 is 0 Å². The molecule has 0 aromatic rings. The highest BCUT2D eigenvalue weighted by Gasteiger charge is 2.15. The van der Waals surface area contributed by atoms with Gasteiger partial charge in [-0.1, -0.05) is 19.3 Å². The SMILES string of the molecule is COCCN(C)CCNCC(O)COC1CCCCC1. The second kappa shape index (κ2) is 11.5. The van der Waals surface area contributed by atoms with E-state index in [9.17, 15) is 5.11 Å². The number of aliphatic hydroxyl groups is 1. The van der Waals surface area contributed by atoms with Crippen molar-refractivity contribution >= 4 is 0 Å². The van der Waals surface area contributed by atoms with Gasteiger partial charge in [0.1, 0.15) is 0 Å². The number of nitrogens with one attached hydrogen (secondary N) is 1. The Bertz CT molecular complexity index is 223. The molecule has 1 unspecified atom stereocenters. The lowest BCUT2D eigenvalue weighted by Gasteiger charge is -2.23. The van der Waals surface area contributed by atoms with E-state index in [4.69, 9.17) is 9.47 Å². The van der Waals surface area contributed by atoms with Crippen LogP contribution in [-0.4, -0.2) is 75.8 Å². The van der Waals surface area contributed by atoms with Gasteiger partial charge in [0.15, 0.2) is 0 Å². The van der Waals surface area contributed by atoms with Crippen LogP contribution in [0, 0.1) is 0 Å². The lowest BCUT2D eigenvalue weighted by Crippen LogP contribution is -2.37. The normalized spacial score (nSPS) is 18.6. The Kier molecular flexibility index (Phi) is 10.2. The zero-order valence-corrected chi connectivity index (χ0v) is 13.1. The molecule has 5 nitrogen and oxygen atoms in total. The quantitative estimate of drug-likeness (QED) is 0.552. The molecule has 0 saturated heterocycles. The molecule has 120 valence electrons. The predicted molar refractivity (Wildman–Crippen MR) is 81.1 cm³/mol. The van der Waals surface area contributed by atoms with E-state index in [2.05, 4.69) is 17.3 Å². The van der Waals surface area contributed by atoms with Crippen molar-refractivity contribution in [2.45, 2.75) is 44.3 Å². The zero-order valence-electron chi connectivity index (χ0n) is 13.1. The summed E-state index contributed by atoms with van der Waals surface area (Å²) < 4.78 is 10.8. The predicted octanol–water partition coefficient (Wildman–Crippen LogP) is 0.864. The molecular formula is C15H32N2O3. The summed E-state index contributed by atoms with van der Waals surface area (Å²) >= 11 is 0. The van der Waals surface area contributed by atoms with E-state index in [-0.39, 0.29) is 0 Å². The van der Waals surface area contributed by atoms with Gasteiger partial charge in [-0.15, -0.1) is 0 Å². The Morgan fingerprint density at radius 3 is 2.70 bits per heavy atom.